The number of ether oxygens (including phenoxy) is 2. The molecule has 3 unspecified atom stereocenters. The number of aliphatic hydroxyl groups excluding tert-OH is 6. The Morgan fingerprint density at radius 3 is 2.42 bits per heavy atom. The minimum absolute atomic E-state index is 0.0948. The van der Waals surface area contributed by atoms with Crippen molar-refractivity contribution < 1.29 is 82.9 Å². The Morgan fingerprint density at radius 1 is 1.15 bits per heavy atom. The van der Waals surface area contributed by atoms with Gasteiger partial charge in [0.05, 0.1) is 32.0 Å². The van der Waals surface area contributed by atoms with Crippen molar-refractivity contribution in [3.8, 4) is 0 Å². The van der Waals surface area contributed by atoms with Crippen molar-refractivity contribution >= 4 is 37.6 Å². The van der Waals surface area contributed by atoms with E-state index in [2.05, 4.69) is 10.3 Å². The number of anilines is 1. The maximum absolute atomic E-state index is 13.1. The third-order valence-electron chi connectivity index (χ3n) is 8.31. The predicted octanol–water partition coefficient (Wildman–Crippen LogP) is -3.96. The smallest absolute Gasteiger partial charge is 0.475 e. The summed E-state index contributed by atoms with van der Waals surface area (Å²) in [6, 6.07) is 6.56. The van der Waals surface area contributed by atoms with E-state index in [0.29, 0.717) is 11.8 Å². The van der Waals surface area contributed by atoms with Crippen LogP contribution in [-0.2, 0) is 32.7 Å². The van der Waals surface area contributed by atoms with Gasteiger partial charge in [-0.2, -0.15) is 4.98 Å². The second-order valence-corrected chi connectivity index (χ2v) is 13.3. The van der Waals surface area contributed by atoms with E-state index in [1.807, 2.05) is 0 Å². The van der Waals surface area contributed by atoms with Crippen LogP contribution in [-0.4, -0.2) is 142 Å². The molecular weight excluding hydrogens is 723 g/mol. The number of nitrogens with zero attached hydrogens (tertiary/aromatic N) is 2. The van der Waals surface area contributed by atoms with Gasteiger partial charge in [-0.05, 0) is 18.2 Å². The van der Waals surface area contributed by atoms with Gasteiger partial charge in [0, 0.05) is 36.1 Å². The molecule has 22 nitrogen and oxygen atoms in total. The molecule has 1 aromatic heterocycles. The number of amides is 1. The first kappa shape index (κ1) is 40.7. The molecule has 0 radical (unpaired) electrons. The number of carbonyl (C=O) groups is 4. The Hall–Kier alpha value is -4.03. The molecule has 23 heteroatoms. The SMILES string of the molecule is Nc1ccn([C@@H]2O[C@H](COP(=O)(O)O[C@@]3(C(=O)O)C[C@@H](O)[C@@H](CC(=O)CNC(=O)c4ccc(C=O)cc4)C([C@H](O)[C@H](O)CO)O3)[C@H](O)C2O)c(=O)n1. The largest absolute Gasteiger partial charge is 0.477 e. The molecule has 0 spiro atoms. The number of phosphoric acid groups is 1. The lowest BCUT2D eigenvalue weighted by atomic mass is 9.80. The first-order valence-electron chi connectivity index (χ1n) is 15.4. The molecule has 1 amide bonds. The van der Waals surface area contributed by atoms with Crippen molar-refractivity contribution in [2.24, 2.45) is 5.92 Å². The number of carbonyl (C=O) groups excluding carboxylic acids is 3. The monoisotopic (exact) mass is 760 g/mol. The number of Topliss-reactive ketones (excluding diaryl/α,β-unsaturated/α-hetero) is 1. The number of nitrogens with one attached hydrogen (secondary N) is 1. The summed E-state index contributed by atoms with van der Waals surface area (Å²) >= 11 is 0. The van der Waals surface area contributed by atoms with Crippen LogP contribution in [0.1, 0.15) is 39.8 Å². The molecule has 286 valence electrons. The Labute approximate surface area is 292 Å². The standard InChI is InChI=1S/C29H37N4O18P/c30-20-5-6-33(28(45)32-20)26-23(41)22(40)19(49-26)12-48-52(46,47)51-29(27(43)44)8-17(37)16(24(50-29)21(39)18(38)11-35)7-15(36)9-31-25(42)14-3-1-13(10-34)2-4-14/h1-6,10,16-19,21-24,26,35,37-41H,7-9,11-12H2,(H,31,42)(H,43,44)(H,46,47)(H2,30,32,45)/t16-,17-,18-,19-,21-,22+,23?,24?,26-,29-/m1/s1. The molecule has 3 heterocycles. The number of carboxylic acid groups (broad SMARTS) is 1. The van der Waals surface area contributed by atoms with E-state index in [0.717, 1.165) is 10.8 Å². The zero-order chi connectivity index (χ0) is 38.5. The number of phosphoric ester groups is 1. The summed E-state index contributed by atoms with van der Waals surface area (Å²) in [6.07, 6.45) is -15.4. The minimum Gasteiger partial charge on any atom is -0.477 e. The van der Waals surface area contributed by atoms with Crippen molar-refractivity contribution in [2.75, 3.05) is 25.5 Å². The van der Waals surface area contributed by atoms with Crippen molar-refractivity contribution in [1.29, 1.82) is 0 Å². The molecule has 0 saturated carbocycles. The molecule has 0 aliphatic carbocycles. The number of nitrogen functional groups attached to an aromatic ring is 1. The fraction of sp³-hybridized carbons (Fsp3) is 0.517. The average Bonchev–Trinajstić information content (AvgIpc) is 3.38. The molecule has 2 saturated heterocycles. The van der Waals surface area contributed by atoms with Crippen LogP contribution in [0.3, 0.4) is 0 Å². The van der Waals surface area contributed by atoms with Gasteiger partial charge in [0.1, 0.15) is 42.6 Å². The van der Waals surface area contributed by atoms with Gasteiger partial charge < -0.3 is 61.2 Å². The fourth-order valence-corrected chi connectivity index (χ4v) is 6.52. The number of aldehydes is 1. The zero-order valence-corrected chi connectivity index (χ0v) is 27.7. The van der Waals surface area contributed by atoms with Crippen LogP contribution in [0.5, 0.6) is 0 Å². The van der Waals surface area contributed by atoms with Crippen LogP contribution in [0, 0.1) is 5.92 Å². The predicted molar refractivity (Wildman–Crippen MR) is 168 cm³/mol. The van der Waals surface area contributed by atoms with E-state index in [4.69, 9.17) is 24.3 Å². The summed E-state index contributed by atoms with van der Waals surface area (Å²) in [5.41, 5.74) is 4.86. The summed E-state index contributed by atoms with van der Waals surface area (Å²) in [7, 11) is -5.62. The Balaban J connectivity index is 1.46. The number of aliphatic hydroxyl groups is 6. The van der Waals surface area contributed by atoms with Crippen molar-refractivity contribution in [1.82, 2.24) is 14.9 Å². The van der Waals surface area contributed by atoms with Gasteiger partial charge in [0.15, 0.2) is 12.0 Å². The number of aliphatic carboxylic acids is 1. The lowest BCUT2D eigenvalue weighted by Crippen LogP contribution is -2.62. The number of carboxylic acids is 1. The molecule has 2 aliphatic rings. The van der Waals surface area contributed by atoms with Crippen LogP contribution < -0.4 is 16.7 Å². The van der Waals surface area contributed by atoms with Crippen LogP contribution in [0.4, 0.5) is 5.82 Å². The highest BCUT2D eigenvalue weighted by Crippen LogP contribution is 2.52. The van der Waals surface area contributed by atoms with E-state index in [9.17, 15) is 69.2 Å². The topological polar surface area (TPSA) is 357 Å². The minimum atomic E-state index is -5.62. The second kappa shape index (κ2) is 16.8. The normalized spacial score (nSPS) is 29.8. The van der Waals surface area contributed by atoms with Gasteiger partial charge in [0.25, 0.3) is 11.7 Å². The van der Waals surface area contributed by atoms with Crippen molar-refractivity contribution in [3.05, 3.63) is 58.1 Å². The molecule has 11 N–H and O–H groups in total. The number of benzene rings is 1. The maximum Gasteiger partial charge on any atom is 0.475 e. The van der Waals surface area contributed by atoms with Gasteiger partial charge in [0.2, 0.25) is 0 Å². The van der Waals surface area contributed by atoms with Gasteiger partial charge in [-0.15, -0.1) is 0 Å². The number of rotatable bonds is 16. The van der Waals surface area contributed by atoms with Crippen LogP contribution in [0.25, 0.3) is 0 Å². The highest BCUT2D eigenvalue weighted by molar-refractivity contribution is 7.47. The summed E-state index contributed by atoms with van der Waals surface area (Å²) in [4.78, 5) is 74.8. The summed E-state index contributed by atoms with van der Waals surface area (Å²) in [6.45, 7) is -2.82. The van der Waals surface area contributed by atoms with E-state index < -0.39 is 124 Å². The lowest BCUT2D eigenvalue weighted by Gasteiger charge is -2.46. The highest BCUT2D eigenvalue weighted by Gasteiger charge is 2.58. The van der Waals surface area contributed by atoms with Crippen molar-refractivity contribution in [2.45, 2.75) is 67.6 Å². The lowest BCUT2D eigenvalue weighted by molar-refractivity contribution is -0.298. The first-order chi connectivity index (χ1) is 24.4. The second-order valence-electron chi connectivity index (χ2n) is 11.9. The van der Waals surface area contributed by atoms with Gasteiger partial charge >= 0.3 is 19.5 Å². The van der Waals surface area contributed by atoms with Gasteiger partial charge in [-0.3, -0.25) is 23.5 Å². The molecule has 4 rings (SSSR count). The van der Waals surface area contributed by atoms with Crippen LogP contribution in [0.15, 0.2) is 41.3 Å². The molecule has 52 heavy (non-hydrogen) atoms. The molecule has 2 fully saturated rings. The average molecular weight is 761 g/mol. The Morgan fingerprint density at radius 2 is 1.83 bits per heavy atom. The summed E-state index contributed by atoms with van der Waals surface area (Å²) < 4.78 is 34.3. The number of nitrogens with two attached hydrogens (primary N) is 1. The molecule has 1 aromatic carbocycles. The first-order valence-corrected chi connectivity index (χ1v) is 16.9. The van der Waals surface area contributed by atoms with E-state index in [1.165, 1.54) is 30.3 Å². The summed E-state index contributed by atoms with van der Waals surface area (Å²) in [5, 5.41) is 74.6. The number of aromatic nitrogens is 2. The zero-order valence-electron chi connectivity index (χ0n) is 26.9. The maximum atomic E-state index is 13.1. The van der Waals surface area contributed by atoms with Crippen LogP contribution >= 0.6 is 7.82 Å². The Bertz CT molecular complexity index is 1730. The van der Waals surface area contributed by atoms with Crippen LogP contribution in [0.2, 0.25) is 0 Å². The quantitative estimate of drug-likeness (QED) is 0.0576. The summed E-state index contributed by atoms with van der Waals surface area (Å²) in [5.74, 6) is -8.64. The van der Waals surface area contributed by atoms with Crippen molar-refractivity contribution in [3.63, 3.8) is 0 Å². The molecule has 2 aliphatic heterocycles. The molecule has 0 bridgehead atoms. The van der Waals surface area contributed by atoms with Gasteiger partial charge in [-0.1, -0.05) is 12.1 Å². The number of hydrogen-bond acceptors (Lipinski definition) is 18. The third kappa shape index (κ3) is 9.30. The van der Waals surface area contributed by atoms with E-state index in [1.54, 1.807) is 0 Å². The highest BCUT2D eigenvalue weighted by atomic mass is 31.2. The van der Waals surface area contributed by atoms with E-state index >= 15 is 0 Å². The molecule has 2 aromatic rings. The molecular formula is C29H37N4O18P. The van der Waals surface area contributed by atoms with E-state index in [-0.39, 0.29) is 11.4 Å². The Kier molecular flexibility index (Phi) is 13.1. The fourth-order valence-electron chi connectivity index (χ4n) is 5.56. The number of ketones is 1. The number of hydrogen-bond donors (Lipinski definition) is 10. The molecule has 11 atom stereocenters. The van der Waals surface area contributed by atoms with Gasteiger partial charge in [-0.25, -0.2) is 18.7 Å². The third-order valence-corrected chi connectivity index (χ3v) is 9.31.